The Kier molecular flexibility index (Phi) is 6.81. The molecule has 0 aliphatic heterocycles. The molecule has 0 spiro atoms. The molecule has 0 bridgehead atoms. The average molecular weight is 295 g/mol. The molecule has 0 aromatic heterocycles. The molecule has 0 aliphatic carbocycles. The van der Waals surface area contributed by atoms with Crippen molar-refractivity contribution in [3.05, 3.63) is 35.6 Å². The fourth-order valence-electron chi connectivity index (χ4n) is 1.65. The van der Waals surface area contributed by atoms with E-state index in [2.05, 4.69) is 10.6 Å². The highest BCUT2D eigenvalue weighted by Crippen LogP contribution is 2.03. The second kappa shape index (κ2) is 8.36. The van der Waals surface area contributed by atoms with Gasteiger partial charge in [0.15, 0.2) is 0 Å². The monoisotopic (exact) mass is 295 g/mol. The first-order chi connectivity index (χ1) is 9.91. The van der Waals surface area contributed by atoms with E-state index in [9.17, 15) is 14.0 Å². The molecule has 0 unspecified atom stereocenters. The highest BCUT2D eigenvalue weighted by Gasteiger charge is 2.16. The van der Waals surface area contributed by atoms with Crippen molar-refractivity contribution < 1.29 is 14.0 Å². The first-order valence-electron chi connectivity index (χ1n) is 6.99. The topological polar surface area (TPSA) is 84.2 Å². The number of nitrogens with one attached hydrogen (secondary N) is 2. The van der Waals surface area contributed by atoms with Gasteiger partial charge in [-0.2, -0.15) is 0 Å². The van der Waals surface area contributed by atoms with Gasteiger partial charge in [0.05, 0.1) is 6.04 Å². The van der Waals surface area contributed by atoms with Crippen LogP contribution in [0.3, 0.4) is 0 Å². The number of benzene rings is 1. The van der Waals surface area contributed by atoms with E-state index in [1.54, 1.807) is 6.07 Å². The van der Waals surface area contributed by atoms with Gasteiger partial charge in [0.1, 0.15) is 5.82 Å². The van der Waals surface area contributed by atoms with Gasteiger partial charge in [-0.3, -0.25) is 9.59 Å². The number of amides is 2. The Morgan fingerprint density at radius 2 is 1.90 bits per heavy atom. The van der Waals surface area contributed by atoms with Crippen LogP contribution in [0.5, 0.6) is 0 Å². The minimum Gasteiger partial charge on any atom is -0.355 e. The van der Waals surface area contributed by atoms with E-state index in [1.807, 2.05) is 13.8 Å². The second-order valence-corrected chi connectivity index (χ2v) is 5.18. The maximum Gasteiger partial charge on any atom is 0.251 e. The number of hydrogen-bond donors (Lipinski definition) is 3. The number of carbonyl (C=O) groups excluding carboxylic acids is 2. The molecule has 0 saturated carbocycles. The molecule has 4 N–H and O–H groups in total. The Balaban J connectivity index is 2.23. The Morgan fingerprint density at radius 1 is 1.24 bits per heavy atom. The zero-order chi connectivity index (χ0) is 15.8. The number of nitrogens with two attached hydrogens (primary N) is 1. The maximum absolute atomic E-state index is 13.0. The number of hydrogen-bond acceptors (Lipinski definition) is 3. The van der Waals surface area contributed by atoms with Crippen molar-refractivity contribution in [1.29, 1.82) is 0 Å². The van der Waals surface area contributed by atoms with Gasteiger partial charge in [0.2, 0.25) is 5.91 Å². The quantitative estimate of drug-likeness (QED) is 0.657. The summed E-state index contributed by atoms with van der Waals surface area (Å²) in [7, 11) is 0. The molecule has 1 atom stereocenters. The summed E-state index contributed by atoms with van der Waals surface area (Å²) < 4.78 is 13.0. The lowest BCUT2D eigenvalue weighted by Crippen LogP contribution is -2.44. The largest absolute Gasteiger partial charge is 0.355 e. The van der Waals surface area contributed by atoms with Crippen LogP contribution in [0, 0.1) is 11.7 Å². The highest BCUT2D eigenvalue weighted by molar-refractivity contribution is 5.94. The van der Waals surface area contributed by atoms with E-state index in [1.165, 1.54) is 18.2 Å². The Hall–Kier alpha value is -1.95. The summed E-state index contributed by atoms with van der Waals surface area (Å²) in [6, 6.07) is 4.97. The van der Waals surface area contributed by atoms with Crippen molar-refractivity contribution >= 4 is 11.8 Å². The van der Waals surface area contributed by atoms with E-state index in [4.69, 9.17) is 5.73 Å². The molecule has 0 fully saturated rings. The number of halogens is 1. The van der Waals surface area contributed by atoms with Crippen LogP contribution in [-0.4, -0.2) is 30.9 Å². The second-order valence-electron chi connectivity index (χ2n) is 5.18. The van der Waals surface area contributed by atoms with Crippen LogP contribution in [0.4, 0.5) is 4.39 Å². The first kappa shape index (κ1) is 17.1. The predicted octanol–water partition coefficient (Wildman–Crippen LogP) is 1.05. The van der Waals surface area contributed by atoms with Gasteiger partial charge >= 0.3 is 0 Å². The zero-order valence-corrected chi connectivity index (χ0v) is 12.4. The van der Waals surface area contributed by atoms with Crippen molar-refractivity contribution in [1.82, 2.24) is 10.6 Å². The smallest absolute Gasteiger partial charge is 0.251 e. The van der Waals surface area contributed by atoms with Crippen molar-refractivity contribution in [2.45, 2.75) is 26.3 Å². The van der Waals surface area contributed by atoms with E-state index >= 15 is 0 Å². The van der Waals surface area contributed by atoms with Crippen LogP contribution in [0.2, 0.25) is 0 Å². The fourth-order valence-corrected chi connectivity index (χ4v) is 1.65. The molecule has 1 rings (SSSR count). The summed E-state index contributed by atoms with van der Waals surface area (Å²) in [5.74, 6) is -0.892. The Bertz CT molecular complexity index is 492. The van der Waals surface area contributed by atoms with Crippen LogP contribution in [0.1, 0.15) is 30.6 Å². The third-order valence-electron chi connectivity index (χ3n) is 3.05. The van der Waals surface area contributed by atoms with Crippen molar-refractivity contribution in [3.63, 3.8) is 0 Å². The number of carbonyl (C=O) groups is 2. The molecule has 21 heavy (non-hydrogen) atoms. The van der Waals surface area contributed by atoms with Gasteiger partial charge in [-0.15, -0.1) is 0 Å². The lowest BCUT2D eigenvalue weighted by molar-refractivity contribution is -0.123. The molecule has 0 saturated heterocycles. The molecule has 0 heterocycles. The van der Waals surface area contributed by atoms with Crippen LogP contribution >= 0.6 is 0 Å². The summed E-state index contributed by atoms with van der Waals surface area (Å²) >= 11 is 0. The molecule has 5 nitrogen and oxygen atoms in total. The van der Waals surface area contributed by atoms with Crippen molar-refractivity contribution in [2.24, 2.45) is 11.7 Å². The summed E-state index contributed by atoms with van der Waals surface area (Å²) in [6.45, 7) is 4.59. The van der Waals surface area contributed by atoms with Crippen LogP contribution in [0.15, 0.2) is 24.3 Å². The minimum atomic E-state index is -0.521. The van der Waals surface area contributed by atoms with Crippen LogP contribution < -0.4 is 16.4 Å². The predicted molar refractivity (Wildman–Crippen MR) is 79.2 cm³/mol. The maximum atomic E-state index is 13.0. The lowest BCUT2D eigenvalue weighted by atomic mass is 10.1. The number of rotatable bonds is 7. The van der Waals surface area contributed by atoms with Gasteiger partial charge < -0.3 is 16.4 Å². The molecular weight excluding hydrogens is 273 g/mol. The molecule has 1 aromatic rings. The molecule has 2 amide bonds. The standard InChI is InChI=1S/C15H22FN3O2/c1-10(2)13(17)15(21)19-8-4-7-18-14(20)11-5-3-6-12(16)9-11/h3,5-6,9-10,13H,4,7-8,17H2,1-2H3,(H,18,20)(H,19,21)/t13-/m0/s1. The van der Waals surface area contributed by atoms with E-state index in [-0.39, 0.29) is 23.3 Å². The van der Waals surface area contributed by atoms with Gasteiger partial charge in [-0.1, -0.05) is 19.9 Å². The first-order valence-corrected chi connectivity index (χ1v) is 6.99. The molecule has 0 radical (unpaired) electrons. The molecule has 1 aromatic carbocycles. The minimum absolute atomic E-state index is 0.0812. The molecule has 6 heteroatoms. The zero-order valence-electron chi connectivity index (χ0n) is 12.4. The lowest BCUT2D eigenvalue weighted by Gasteiger charge is -2.15. The molecule has 0 aliphatic rings. The Labute approximate surface area is 124 Å². The van der Waals surface area contributed by atoms with Crippen LogP contribution in [0.25, 0.3) is 0 Å². The Morgan fingerprint density at radius 3 is 2.52 bits per heavy atom. The molecule has 116 valence electrons. The third kappa shape index (κ3) is 5.91. The summed E-state index contributed by atoms with van der Waals surface area (Å²) in [5.41, 5.74) is 5.97. The highest BCUT2D eigenvalue weighted by atomic mass is 19.1. The normalized spacial score (nSPS) is 12.0. The van der Waals surface area contributed by atoms with Gasteiger partial charge in [0, 0.05) is 18.7 Å². The van der Waals surface area contributed by atoms with Gasteiger partial charge in [-0.25, -0.2) is 4.39 Å². The SMILES string of the molecule is CC(C)[C@H](N)C(=O)NCCCNC(=O)c1cccc(F)c1. The summed E-state index contributed by atoms with van der Waals surface area (Å²) in [5, 5.41) is 5.37. The van der Waals surface area contributed by atoms with Crippen molar-refractivity contribution in [2.75, 3.05) is 13.1 Å². The van der Waals surface area contributed by atoms with Crippen molar-refractivity contribution in [3.8, 4) is 0 Å². The summed E-state index contributed by atoms with van der Waals surface area (Å²) in [4.78, 5) is 23.3. The third-order valence-corrected chi connectivity index (χ3v) is 3.05. The summed E-state index contributed by atoms with van der Waals surface area (Å²) in [6.07, 6.45) is 0.581. The average Bonchev–Trinajstić information content (AvgIpc) is 2.45. The molecular formula is C15H22FN3O2. The van der Waals surface area contributed by atoms with E-state index in [0.717, 1.165) is 0 Å². The fraction of sp³-hybridized carbons (Fsp3) is 0.467. The van der Waals surface area contributed by atoms with Gasteiger partial charge in [0.25, 0.3) is 5.91 Å². The van der Waals surface area contributed by atoms with E-state index < -0.39 is 11.9 Å². The van der Waals surface area contributed by atoms with Gasteiger partial charge in [-0.05, 0) is 30.5 Å². The van der Waals surface area contributed by atoms with Crippen LogP contribution in [-0.2, 0) is 4.79 Å². The van der Waals surface area contributed by atoms with E-state index in [0.29, 0.717) is 19.5 Å².